The Bertz CT molecular complexity index is 1260. The van der Waals surface area contributed by atoms with Crippen LogP contribution in [0.4, 0.5) is 5.69 Å². The van der Waals surface area contributed by atoms with Gasteiger partial charge >= 0.3 is 0 Å². The molecule has 4 aromatic rings. The van der Waals surface area contributed by atoms with Crippen molar-refractivity contribution in [3.63, 3.8) is 0 Å². The van der Waals surface area contributed by atoms with Gasteiger partial charge in [-0.3, -0.25) is 14.3 Å². The first-order valence-electron chi connectivity index (χ1n) is 9.06. The number of hydrogen-bond donors (Lipinski definition) is 1. The van der Waals surface area contributed by atoms with Gasteiger partial charge in [-0.15, -0.1) is 0 Å². The zero-order valence-corrected chi connectivity index (χ0v) is 18.1. The number of fused-ring (bicyclic) bond motifs is 1. The highest BCUT2D eigenvalue weighted by Gasteiger charge is 2.24. The number of hydrogen-bond acceptors (Lipinski definition) is 4. The van der Waals surface area contributed by atoms with Gasteiger partial charge in [0, 0.05) is 33.3 Å². The summed E-state index contributed by atoms with van der Waals surface area (Å²) < 4.78 is 2.33. The molecule has 0 amide bonds. The summed E-state index contributed by atoms with van der Waals surface area (Å²) in [5.74, 6) is -0.366. The lowest BCUT2D eigenvalue weighted by Crippen LogP contribution is -2.06. The molecule has 2 aromatic carbocycles. The van der Waals surface area contributed by atoms with E-state index < -0.39 is 0 Å². The first kappa shape index (κ1) is 19.3. The van der Waals surface area contributed by atoms with Crippen LogP contribution in [0.15, 0.2) is 71.9 Å². The molecule has 0 saturated heterocycles. The van der Waals surface area contributed by atoms with Crippen molar-refractivity contribution < 1.29 is 9.90 Å². The molecule has 6 heteroatoms. The highest BCUT2D eigenvalue weighted by molar-refractivity contribution is 14.1. The second kappa shape index (κ2) is 7.79. The van der Waals surface area contributed by atoms with Gasteiger partial charge in [-0.1, -0.05) is 30.3 Å². The lowest BCUT2D eigenvalue weighted by Gasteiger charge is -2.08. The SMILES string of the molecule is CC(=O)n1c(O)c(C(=Nc2ccnc(C)c2)c2ccccc2)c2cc(I)ccc21. The van der Waals surface area contributed by atoms with Crippen molar-refractivity contribution in [2.45, 2.75) is 13.8 Å². The fraction of sp³-hybridized carbons (Fsp3) is 0.0870. The lowest BCUT2D eigenvalue weighted by atomic mass is 10.0. The highest BCUT2D eigenvalue weighted by Crippen LogP contribution is 2.35. The van der Waals surface area contributed by atoms with E-state index in [0.717, 1.165) is 25.9 Å². The predicted octanol–water partition coefficient (Wildman–Crippen LogP) is 5.48. The summed E-state index contributed by atoms with van der Waals surface area (Å²) in [5.41, 5.74) is 4.21. The zero-order chi connectivity index (χ0) is 20.5. The average molecular weight is 495 g/mol. The molecule has 0 aliphatic rings. The zero-order valence-electron chi connectivity index (χ0n) is 15.9. The molecule has 2 heterocycles. The number of rotatable bonds is 3. The van der Waals surface area contributed by atoms with Gasteiger partial charge in [0.15, 0.2) is 0 Å². The Kier molecular flexibility index (Phi) is 5.19. The summed E-state index contributed by atoms with van der Waals surface area (Å²) in [6, 6.07) is 19.1. The lowest BCUT2D eigenvalue weighted by molar-refractivity contribution is 0.0933. The van der Waals surface area contributed by atoms with Crippen molar-refractivity contribution in [3.05, 3.63) is 87.3 Å². The maximum Gasteiger partial charge on any atom is 0.230 e. The van der Waals surface area contributed by atoms with Crippen LogP contribution in [0.1, 0.15) is 28.5 Å². The molecule has 0 bridgehead atoms. The standard InChI is InChI=1S/C23H18IN3O2/c1-14-12-18(10-11-25-14)26-22(16-6-4-3-5-7-16)21-19-13-17(24)8-9-20(19)27(15(2)28)23(21)29/h3-13,29H,1-2H3. The number of aromatic hydroxyl groups is 1. The smallest absolute Gasteiger partial charge is 0.230 e. The number of aryl methyl sites for hydroxylation is 1. The van der Waals surface area contributed by atoms with E-state index in [-0.39, 0.29) is 11.8 Å². The summed E-state index contributed by atoms with van der Waals surface area (Å²) >= 11 is 2.23. The van der Waals surface area contributed by atoms with Crippen LogP contribution >= 0.6 is 22.6 Å². The van der Waals surface area contributed by atoms with Crippen molar-refractivity contribution in [1.29, 1.82) is 0 Å². The molecule has 2 aromatic heterocycles. The van der Waals surface area contributed by atoms with Crippen molar-refractivity contribution >= 4 is 50.8 Å². The van der Waals surface area contributed by atoms with E-state index in [1.807, 2.05) is 67.6 Å². The molecule has 0 unspecified atom stereocenters. The van der Waals surface area contributed by atoms with Crippen LogP contribution in [0.3, 0.4) is 0 Å². The third-order valence-electron chi connectivity index (χ3n) is 4.62. The number of aliphatic imine (C=N–C) groups is 1. The Morgan fingerprint density at radius 1 is 1.10 bits per heavy atom. The molecule has 5 nitrogen and oxygen atoms in total. The number of carbonyl (C=O) groups excluding carboxylic acids is 1. The molecule has 29 heavy (non-hydrogen) atoms. The number of benzene rings is 2. The number of pyridine rings is 1. The molecule has 0 aliphatic heterocycles. The minimum Gasteiger partial charge on any atom is -0.494 e. The molecular formula is C23H18IN3O2. The van der Waals surface area contributed by atoms with E-state index in [2.05, 4.69) is 27.6 Å². The molecule has 0 spiro atoms. The van der Waals surface area contributed by atoms with Gasteiger partial charge in [0.1, 0.15) is 0 Å². The van der Waals surface area contributed by atoms with E-state index in [1.54, 1.807) is 6.20 Å². The van der Waals surface area contributed by atoms with E-state index in [9.17, 15) is 9.90 Å². The van der Waals surface area contributed by atoms with Gasteiger partial charge in [-0.05, 0) is 59.8 Å². The largest absolute Gasteiger partial charge is 0.494 e. The van der Waals surface area contributed by atoms with Crippen LogP contribution in [0.2, 0.25) is 0 Å². The fourth-order valence-electron chi connectivity index (χ4n) is 3.39. The van der Waals surface area contributed by atoms with Crippen LogP contribution in [0, 0.1) is 10.5 Å². The van der Waals surface area contributed by atoms with E-state index in [1.165, 1.54) is 11.5 Å². The first-order valence-corrected chi connectivity index (χ1v) is 10.1. The van der Waals surface area contributed by atoms with Gasteiger partial charge in [0.2, 0.25) is 11.8 Å². The topological polar surface area (TPSA) is 67.5 Å². The average Bonchev–Trinajstić information content (AvgIpc) is 2.98. The number of nitrogens with zero attached hydrogens (tertiary/aromatic N) is 3. The summed E-state index contributed by atoms with van der Waals surface area (Å²) in [6.45, 7) is 3.34. The van der Waals surface area contributed by atoms with Crippen LogP contribution in [0.25, 0.3) is 10.9 Å². The maximum atomic E-state index is 12.3. The van der Waals surface area contributed by atoms with Gasteiger partial charge in [0.25, 0.3) is 0 Å². The van der Waals surface area contributed by atoms with Gasteiger partial charge in [-0.25, -0.2) is 4.99 Å². The summed E-state index contributed by atoms with van der Waals surface area (Å²) in [4.78, 5) is 21.4. The van der Waals surface area contributed by atoms with Crippen LogP contribution < -0.4 is 0 Å². The third kappa shape index (κ3) is 3.67. The number of carbonyl (C=O) groups is 1. The first-order chi connectivity index (χ1) is 14.0. The van der Waals surface area contributed by atoms with Crippen molar-refractivity contribution in [2.75, 3.05) is 0 Å². The summed E-state index contributed by atoms with van der Waals surface area (Å²) in [7, 11) is 0. The monoisotopic (exact) mass is 495 g/mol. The maximum absolute atomic E-state index is 12.3. The Balaban J connectivity index is 2.09. The summed E-state index contributed by atoms with van der Waals surface area (Å²) in [5, 5.41) is 11.9. The third-order valence-corrected chi connectivity index (χ3v) is 5.30. The minimum atomic E-state index is -0.257. The van der Waals surface area contributed by atoms with E-state index in [0.29, 0.717) is 16.8 Å². The van der Waals surface area contributed by atoms with Gasteiger partial charge in [-0.2, -0.15) is 0 Å². The molecule has 0 fully saturated rings. The van der Waals surface area contributed by atoms with Crippen molar-refractivity contribution in [2.24, 2.45) is 4.99 Å². The molecule has 0 saturated carbocycles. The molecule has 144 valence electrons. The van der Waals surface area contributed by atoms with E-state index >= 15 is 0 Å². The highest BCUT2D eigenvalue weighted by atomic mass is 127. The van der Waals surface area contributed by atoms with Gasteiger partial charge < -0.3 is 5.11 Å². The second-order valence-corrected chi connectivity index (χ2v) is 7.94. The molecule has 0 radical (unpaired) electrons. The Labute approximate surface area is 181 Å². The molecule has 0 aliphatic carbocycles. The quantitative estimate of drug-likeness (QED) is 0.302. The minimum absolute atomic E-state index is 0.108. The normalized spacial score (nSPS) is 11.8. The predicted molar refractivity (Wildman–Crippen MR) is 123 cm³/mol. The Morgan fingerprint density at radius 3 is 2.55 bits per heavy atom. The molecule has 0 atom stereocenters. The van der Waals surface area contributed by atoms with E-state index in [4.69, 9.17) is 4.99 Å². The fourth-order valence-corrected chi connectivity index (χ4v) is 3.88. The molecule has 4 rings (SSSR count). The second-order valence-electron chi connectivity index (χ2n) is 6.70. The number of halogens is 1. The van der Waals surface area contributed by atoms with Crippen LogP contribution in [-0.4, -0.2) is 26.3 Å². The Morgan fingerprint density at radius 2 is 1.86 bits per heavy atom. The molecular weight excluding hydrogens is 477 g/mol. The van der Waals surface area contributed by atoms with Crippen molar-refractivity contribution in [3.8, 4) is 5.88 Å². The molecule has 1 N–H and O–H groups in total. The van der Waals surface area contributed by atoms with Crippen molar-refractivity contribution in [1.82, 2.24) is 9.55 Å². The van der Waals surface area contributed by atoms with Crippen LogP contribution in [-0.2, 0) is 0 Å². The number of aromatic nitrogens is 2. The Hall–Kier alpha value is -3.00. The van der Waals surface area contributed by atoms with Gasteiger partial charge in [0.05, 0.1) is 22.5 Å². The van der Waals surface area contributed by atoms with Crippen LogP contribution in [0.5, 0.6) is 5.88 Å². The summed E-state index contributed by atoms with van der Waals surface area (Å²) in [6.07, 6.45) is 1.71.